The number of carbonyl (C=O) groups is 3. The number of amides is 3. The molecule has 0 aliphatic heterocycles. The summed E-state index contributed by atoms with van der Waals surface area (Å²) in [5.74, 6) is -0.282. The standard InChI is InChI=1S/C22H30N3O3P/c1-16-11-12-18(22(28)25(2)3)21(16)24-20(27)15-29(4,5)14-19(26)23-13-17-9-7-6-8-10-17/h6-11H,12-15H2,1-5H3,(H-,23,24,26,27,28)/p+1. The van der Waals surface area contributed by atoms with Crippen LogP contribution in [0.3, 0.4) is 0 Å². The maximum Gasteiger partial charge on any atom is 0.261 e. The van der Waals surface area contributed by atoms with Gasteiger partial charge in [-0.1, -0.05) is 36.4 Å². The average Bonchev–Trinajstić information content (AvgIpc) is 2.99. The second-order valence-corrected chi connectivity index (χ2v) is 12.7. The van der Waals surface area contributed by atoms with Crippen LogP contribution in [-0.2, 0) is 20.9 Å². The van der Waals surface area contributed by atoms with Crippen LogP contribution >= 0.6 is 7.26 Å². The quantitative estimate of drug-likeness (QED) is 0.639. The van der Waals surface area contributed by atoms with Crippen LogP contribution in [0.2, 0.25) is 0 Å². The Morgan fingerprint density at radius 1 is 1.03 bits per heavy atom. The molecule has 1 aliphatic rings. The van der Waals surface area contributed by atoms with Crippen molar-refractivity contribution in [3.05, 3.63) is 58.8 Å². The van der Waals surface area contributed by atoms with Crippen LogP contribution in [0.5, 0.6) is 0 Å². The highest BCUT2D eigenvalue weighted by atomic mass is 31.2. The number of hydrogen-bond donors (Lipinski definition) is 2. The number of likely N-dealkylation sites (N-methyl/N-ethyl adjacent to an activating group) is 1. The monoisotopic (exact) mass is 416 g/mol. The SMILES string of the molecule is CC1=CCC(C(=O)N(C)C)=C1NC(=O)C[P+](C)(C)CC(=O)NCc1ccccc1. The van der Waals surface area contributed by atoms with E-state index < -0.39 is 7.26 Å². The van der Waals surface area contributed by atoms with E-state index >= 15 is 0 Å². The first kappa shape index (κ1) is 22.8. The predicted molar refractivity (Wildman–Crippen MR) is 119 cm³/mol. The van der Waals surface area contributed by atoms with E-state index in [-0.39, 0.29) is 17.7 Å². The lowest BCUT2D eigenvalue weighted by Gasteiger charge is -2.19. The molecule has 1 aromatic rings. The molecule has 2 rings (SSSR count). The van der Waals surface area contributed by atoms with E-state index in [2.05, 4.69) is 10.6 Å². The van der Waals surface area contributed by atoms with Crippen molar-refractivity contribution in [2.45, 2.75) is 19.9 Å². The molecule has 6 nitrogen and oxygen atoms in total. The van der Waals surface area contributed by atoms with Gasteiger partial charge in [0.2, 0.25) is 0 Å². The third kappa shape index (κ3) is 6.82. The van der Waals surface area contributed by atoms with E-state index in [4.69, 9.17) is 0 Å². The zero-order valence-corrected chi connectivity index (χ0v) is 18.8. The highest BCUT2D eigenvalue weighted by Crippen LogP contribution is 2.50. The fraction of sp³-hybridized carbons (Fsp3) is 0.409. The summed E-state index contributed by atoms with van der Waals surface area (Å²) in [6, 6.07) is 9.74. The Morgan fingerprint density at radius 2 is 1.66 bits per heavy atom. The lowest BCUT2D eigenvalue weighted by atomic mass is 10.1. The lowest BCUT2D eigenvalue weighted by molar-refractivity contribution is -0.124. The summed E-state index contributed by atoms with van der Waals surface area (Å²) in [7, 11) is 1.62. The van der Waals surface area contributed by atoms with Crippen LogP contribution in [0.15, 0.2) is 53.3 Å². The van der Waals surface area contributed by atoms with Crippen LogP contribution in [0.4, 0.5) is 0 Å². The van der Waals surface area contributed by atoms with Crippen molar-refractivity contribution in [2.24, 2.45) is 0 Å². The molecule has 1 aliphatic carbocycles. The highest BCUT2D eigenvalue weighted by Gasteiger charge is 2.33. The van der Waals surface area contributed by atoms with Gasteiger partial charge in [0, 0.05) is 46.8 Å². The molecule has 7 heteroatoms. The van der Waals surface area contributed by atoms with E-state index in [0.29, 0.717) is 36.6 Å². The normalized spacial score (nSPS) is 13.8. The number of benzene rings is 1. The summed E-state index contributed by atoms with van der Waals surface area (Å²) >= 11 is 0. The van der Waals surface area contributed by atoms with Crippen molar-refractivity contribution in [3.8, 4) is 0 Å². The molecular formula is C22H31N3O3P+. The van der Waals surface area contributed by atoms with Gasteiger partial charge in [0.05, 0.1) is 5.70 Å². The number of nitrogens with zero attached hydrogens (tertiary/aromatic N) is 1. The molecule has 0 radical (unpaired) electrons. The Bertz CT molecular complexity index is 842. The van der Waals surface area contributed by atoms with E-state index in [9.17, 15) is 14.4 Å². The summed E-state index contributed by atoms with van der Waals surface area (Å²) in [6.07, 6.45) is 3.12. The molecule has 0 bridgehead atoms. The molecule has 0 atom stereocenters. The maximum atomic E-state index is 12.7. The smallest absolute Gasteiger partial charge is 0.261 e. The van der Waals surface area contributed by atoms with Crippen LogP contribution in [0, 0.1) is 0 Å². The highest BCUT2D eigenvalue weighted by molar-refractivity contribution is 7.76. The van der Waals surface area contributed by atoms with Gasteiger partial charge in [0.25, 0.3) is 17.7 Å². The van der Waals surface area contributed by atoms with Gasteiger partial charge in [-0.3, -0.25) is 14.4 Å². The third-order valence-corrected chi connectivity index (χ3v) is 7.00. The Labute approximate surface area is 173 Å². The van der Waals surface area contributed by atoms with E-state index in [1.165, 1.54) is 4.90 Å². The predicted octanol–water partition coefficient (Wildman–Crippen LogP) is 2.39. The largest absolute Gasteiger partial charge is 0.349 e. The maximum absolute atomic E-state index is 12.7. The van der Waals surface area contributed by atoms with Gasteiger partial charge in [0.1, 0.15) is 12.3 Å². The first-order valence-corrected chi connectivity index (χ1v) is 12.7. The van der Waals surface area contributed by atoms with Gasteiger partial charge in [-0.2, -0.15) is 0 Å². The van der Waals surface area contributed by atoms with Gasteiger partial charge in [-0.15, -0.1) is 0 Å². The van der Waals surface area contributed by atoms with E-state index in [1.54, 1.807) is 14.1 Å². The zero-order chi connectivity index (χ0) is 21.6. The van der Waals surface area contributed by atoms with Gasteiger partial charge in [-0.05, 0) is 24.5 Å². The second kappa shape index (κ2) is 9.84. The van der Waals surface area contributed by atoms with Crippen LogP contribution < -0.4 is 10.6 Å². The Hall–Kier alpha value is -2.46. The molecule has 0 saturated carbocycles. The van der Waals surface area contributed by atoms with E-state index in [1.807, 2.05) is 56.7 Å². The van der Waals surface area contributed by atoms with Crippen LogP contribution in [-0.4, -0.2) is 62.4 Å². The molecular weight excluding hydrogens is 385 g/mol. The van der Waals surface area contributed by atoms with Crippen molar-refractivity contribution in [1.29, 1.82) is 0 Å². The van der Waals surface area contributed by atoms with Gasteiger partial charge in [-0.25, -0.2) is 0 Å². The van der Waals surface area contributed by atoms with Crippen molar-refractivity contribution < 1.29 is 14.4 Å². The molecule has 0 spiro atoms. The molecule has 29 heavy (non-hydrogen) atoms. The summed E-state index contributed by atoms with van der Waals surface area (Å²) in [5.41, 5.74) is 3.17. The summed E-state index contributed by atoms with van der Waals surface area (Å²) in [5, 5.41) is 5.85. The van der Waals surface area contributed by atoms with Crippen molar-refractivity contribution in [2.75, 3.05) is 39.7 Å². The van der Waals surface area contributed by atoms with Gasteiger partial charge in [0.15, 0.2) is 0 Å². The fourth-order valence-corrected chi connectivity index (χ4v) is 5.06. The van der Waals surface area contributed by atoms with Crippen LogP contribution in [0.25, 0.3) is 0 Å². The Balaban J connectivity index is 1.92. The summed E-state index contributed by atoms with van der Waals surface area (Å²) < 4.78 is 0. The molecule has 0 fully saturated rings. The minimum Gasteiger partial charge on any atom is -0.349 e. The molecule has 1 aromatic carbocycles. The minimum atomic E-state index is -1.78. The molecule has 0 aromatic heterocycles. The number of allylic oxidation sites excluding steroid dienone is 2. The fourth-order valence-electron chi connectivity index (χ4n) is 3.20. The summed E-state index contributed by atoms with van der Waals surface area (Å²) in [4.78, 5) is 38.9. The molecule has 156 valence electrons. The molecule has 0 heterocycles. The first-order chi connectivity index (χ1) is 13.6. The third-order valence-electron chi connectivity index (χ3n) is 4.71. The molecule has 0 unspecified atom stereocenters. The van der Waals surface area contributed by atoms with Crippen molar-refractivity contribution >= 4 is 25.0 Å². The first-order valence-electron chi connectivity index (χ1n) is 9.63. The molecule has 2 N–H and O–H groups in total. The van der Waals surface area contributed by atoms with E-state index in [0.717, 1.165) is 11.1 Å². The van der Waals surface area contributed by atoms with Gasteiger partial charge >= 0.3 is 0 Å². The Kier molecular flexibility index (Phi) is 7.74. The molecule has 3 amide bonds. The van der Waals surface area contributed by atoms with Crippen molar-refractivity contribution in [1.82, 2.24) is 15.5 Å². The number of carbonyl (C=O) groups excluding carboxylic acids is 3. The molecule has 0 saturated heterocycles. The number of nitrogens with one attached hydrogen (secondary N) is 2. The van der Waals surface area contributed by atoms with Crippen molar-refractivity contribution in [3.63, 3.8) is 0 Å². The average molecular weight is 416 g/mol. The topological polar surface area (TPSA) is 78.5 Å². The zero-order valence-electron chi connectivity index (χ0n) is 17.9. The van der Waals surface area contributed by atoms with Crippen LogP contribution in [0.1, 0.15) is 18.9 Å². The second-order valence-electron chi connectivity index (χ2n) is 8.21. The number of hydrogen-bond acceptors (Lipinski definition) is 3. The lowest BCUT2D eigenvalue weighted by Crippen LogP contribution is -2.33. The summed E-state index contributed by atoms with van der Waals surface area (Å²) in [6.45, 7) is 6.39. The van der Waals surface area contributed by atoms with Gasteiger partial charge < -0.3 is 15.5 Å². The number of rotatable bonds is 8. The Morgan fingerprint density at radius 3 is 2.28 bits per heavy atom. The minimum absolute atomic E-state index is 0.0420.